The van der Waals surface area contributed by atoms with E-state index in [0.717, 1.165) is 40.0 Å². The zero-order valence-corrected chi connectivity index (χ0v) is 13.2. The van der Waals surface area contributed by atoms with Crippen LogP contribution in [-0.4, -0.2) is 16.8 Å². The Labute approximate surface area is 127 Å². The summed E-state index contributed by atoms with van der Waals surface area (Å²) in [6, 6.07) is 7.83. The van der Waals surface area contributed by atoms with Gasteiger partial charge in [-0.05, 0) is 19.0 Å². The van der Waals surface area contributed by atoms with Crippen molar-refractivity contribution < 1.29 is 0 Å². The highest BCUT2D eigenvalue weighted by Gasteiger charge is 2.09. The minimum absolute atomic E-state index is 0.579. The number of halogens is 1. The van der Waals surface area contributed by atoms with Crippen LogP contribution in [0, 0.1) is 0 Å². The monoisotopic (exact) mass is 312 g/mol. The predicted molar refractivity (Wildman–Crippen MR) is 87.0 cm³/mol. The molecule has 0 aliphatic rings. The molecule has 1 aromatic heterocycles. The van der Waals surface area contributed by atoms with Crippen LogP contribution in [0.3, 0.4) is 0 Å². The summed E-state index contributed by atoms with van der Waals surface area (Å²) in [5.74, 6) is 0.933. The first-order valence-electron chi connectivity index (χ1n) is 6.21. The lowest BCUT2D eigenvalue weighted by Gasteiger charge is -2.07. The lowest BCUT2D eigenvalue weighted by Crippen LogP contribution is -2.07. The number of hydrogen-bond donors (Lipinski definition) is 1. The minimum Gasteiger partial charge on any atom is -0.330 e. The van der Waals surface area contributed by atoms with E-state index >= 15 is 0 Å². The van der Waals surface area contributed by atoms with E-state index in [0.29, 0.717) is 5.25 Å². The van der Waals surface area contributed by atoms with Gasteiger partial charge in [0.25, 0.3) is 0 Å². The summed E-state index contributed by atoms with van der Waals surface area (Å²) in [4.78, 5) is 4.66. The highest BCUT2D eigenvalue weighted by atomic mass is 35.5. The molecule has 2 rings (SSSR count). The SMILES string of the molecule is CC(CCN)SCc1csc(-c2ccccc2Cl)n1. The molecule has 0 amide bonds. The van der Waals surface area contributed by atoms with E-state index in [1.165, 1.54) is 0 Å². The normalized spacial score (nSPS) is 12.6. The molecule has 0 aliphatic carbocycles. The fourth-order valence-electron chi connectivity index (χ4n) is 1.68. The van der Waals surface area contributed by atoms with Crippen molar-refractivity contribution in [1.29, 1.82) is 0 Å². The van der Waals surface area contributed by atoms with E-state index in [1.807, 2.05) is 36.0 Å². The maximum Gasteiger partial charge on any atom is 0.125 e. The zero-order chi connectivity index (χ0) is 13.7. The summed E-state index contributed by atoms with van der Waals surface area (Å²) in [6.45, 7) is 2.95. The smallest absolute Gasteiger partial charge is 0.125 e. The van der Waals surface area contributed by atoms with Crippen molar-refractivity contribution in [2.45, 2.75) is 24.3 Å². The van der Waals surface area contributed by atoms with Crippen LogP contribution in [0.4, 0.5) is 0 Å². The van der Waals surface area contributed by atoms with E-state index in [4.69, 9.17) is 17.3 Å². The number of thiazole rings is 1. The summed E-state index contributed by atoms with van der Waals surface area (Å²) >= 11 is 9.73. The molecule has 0 fully saturated rings. The van der Waals surface area contributed by atoms with Crippen molar-refractivity contribution in [2.75, 3.05) is 6.54 Å². The second-order valence-electron chi connectivity index (χ2n) is 4.32. The predicted octanol–water partition coefficient (Wildman–Crippen LogP) is 4.43. The largest absolute Gasteiger partial charge is 0.330 e. The molecule has 1 atom stereocenters. The fraction of sp³-hybridized carbons (Fsp3) is 0.357. The zero-order valence-electron chi connectivity index (χ0n) is 10.8. The third-order valence-corrected chi connectivity index (χ3v) is 5.27. The molecule has 1 aromatic carbocycles. The van der Waals surface area contributed by atoms with Crippen molar-refractivity contribution in [1.82, 2.24) is 4.98 Å². The third-order valence-electron chi connectivity index (χ3n) is 2.74. The lowest BCUT2D eigenvalue weighted by atomic mass is 10.2. The van der Waals surface area contributed by atoms with Gasteiger partial charge < -0.3 is 5.73 Å². The first kappa shape index (κ1) is 14.9. The number of nitrogens with zero attached hydrogens (tertiary/aromatic N) is 1. The molecule has 0 saturated heterocycles. The standard InChI is InChI=1S/C14H17ClN2S2/c1-10(6-7-16)18-8-11-9-19-14(17-11)12-4-2-3-5-13(12)15/h2-5,9-10H,6-8,16H2,1H3. The molecule has 1 unspecified atom stereocenters. The molecule has 0 saturated carbocycles. The highest BCUT2D eigenvalue weighted by Crippen LogP contribution is 2.31. The van der Waals surface area contributed by atoms with Crippen molar-refractivity contribution in [3.8, 4) is 10.6 Å². The molecule has 1 heterocycles. The van der Waals surface area contributed by atoms with Gasteiger partial charge in [0.2, 0.25) is 0 Å². The van der Waals surface area contributed by atoms with Gasteiger partial charge in [-0.1, -0.05) is 36.7 Å². The molecule has 0 aliphatic heterocycles. The van der Waals surface area contributed by atoms with Crippen LogP contribution in [0.15, 0.2) is 29.6 Å². The molecule has 0 radical (unpaired) electrons. The number of nitrogens with two attached hydrogens (primary N) is 1. The molecule has 0 bridgehead atoms. The maximum atomic E-state index is 6.18. The topological polar surface area (TPSA) is 38.9 Å². The van der Waals surface area contributed by atoms with E-state index in [2.05, 4.69) is 17.3 Å². The lowest BCUT2D eigenvalue weighted by molar-refractivity contribution is 0.822. The van der Waals surface area contributed by atoms with Gasteiger partial charge >= 0.3 is 0 Å². The Morgan fingerprint density at radius 3 is 2.95 bits per heavy atom. The molecule has 2 nitrogen and oxygen atoms in total. The van der Waals surface area contributed by atoms with Gasteiger partial charge in [-0.2, -0.15) is 11.8 Å². The second kappa shape index (κ2) is 7.29. The van der Waals surface area contributed by atoms with Gasteiger partial charge in [0, 0.05) is 21.9 Å². The fourth-order valence-corrected chi connectivity index (χ4v) is 3.83. The van der Waals surface area contributed by atoms with Crippen LogP contribution in [0.2, 0.25) is 5.02 Å². The molecule has 2 N–H and O–H groups in total. The summed E-state index contributed by atoms with van der Waals surface area (Å²) < 4.78 is 0. The Hall–Kier alpha value is -0.550. The van der Waals surface area contributed by atoms with Gasteiger partial charge in [-0.25, -0.2) is 4.98 Å². The summed E-state index contributed by atoms with van der Waals surface area (Å²) in [5, 5.41) is 4.44. The molecule has 19 heavy (non-hydrogen) atoms. The molecule has 5 heteroatoms. The van der Waals surface area contributed by atoms with Gasteiger partial charge in [0.1, 0.15) is 5.01 Å². The number of aromatic nitrogens is 1. The quantitative estimate of drug-likeness (QED) is 0.857. The Bertz CT molecular complexity index is 528. The number of thioether (sulfide) groups is 1. The van der Waals surface area contributed by atoms with Crippen molar-refractivity contribution in [2.24, 2.45) is 5.73 Å². The Kier molecular flexibility index (Phi) is 5.70. The van der Waals surface area contributed by atoms with Crippen LogP contribution < -0.4 is 5.73 Å². The van der Waals surface area contributed by atoms with Crippen molar-refractivity contribution in [3.05, 3.63) is 40.4 Å². The molecule has 2 aromatic rings. The first-order chi connectivity index (χ1) is 9.20. The Morgan fingerprint density at radius 1 is 1.42 bits per heavy atom. The van der Waals surface area contributed by atoms with Crippen LogP contribution in [0.5, 0.6) is 0 Å². The van der Waals surface area contributed by atoms with Gasteiger partial charge in [-0.15, -0.1) is 11.3 Å². The first-order valence-corrected chi connectivity index (χ1v) is 8.52. The van der Waals surface area contributed by atoms with Crippen LogP contribution in [0.1, 0.15) is 19.0 Å². The summed E-state index contributed by atoms with van der Waals surface area (Å²) in [5.41, 5.74) is 7.69. The van der Waals surface area contributed by atoms with Crippen LogP contribution >= 0.6 is 34.7 Å². The van der Waals surface area contributed by atoms with E-state index in [-0.39, 0.29) is 0 Å². The highest BCUT2D eigenvalue weighted by molar-refractivity contribution is 7.99. The van der Waals surface area contributed by atoms with E-state index < -0.39 is 0 Å². The van der Waals surface area contributed by atoms with Crippen LogP contribution in [-0.2, 0) is 5.75 Å². The number of benzene rings is 1. The molecular formula is C14H17ClN2S2. The third kappa shape index (κ3) is 4.21. The molecular weight excluding hydrogens is 296 g/mol. The average Bonchev–Trinajstić information content (AvgIpc) is 2.86. The number of hydrogen-bond acceptors (Lipinski definition) is 4. The van der Waals surface area contributed by atoms with Gasteiger partial charge in [0.15, 0.2) is 0 Å². The Morgan fingerprint density at radius 2 is 2.21 bits per heavy atom. The van der Waals surface area contributed by atoms with Crippen molar-refractivity contribution in [3.63, 3.8) is 0 Å². The van der Waals surface area contributed by atoms with Gasteiger partial charge in [-0.3, -0.25) is 0 Å². The minimum atomic E-state index is 0.579. The maximum absolute atomic E-state index is 6.18. The molecule has 102 valence electrons. The van der Waals surface area contributed by atoms with Crippen molar-refractivity contribution >= 4 is 34.7 Å². The van der Waals surface area contributed by atoms with Gasteiger partial charge in [0.05, 0.1) is 10.7 Å². The number of rotatable bonds is 6. The van der Waals surface area contributed by atoms with E-state index in [1.54, 1.807) is 11.3 Å². The summed E-state index contributed by atoms with van der Waals surface area (Å²) in [6.07, 6.45) is 1.05. The van der Waals surface area contributed by atoms with E-state index in [9.17, 15) is 0 Å². The average molecular weight is 313 g/mol. The molecule has 0 spiro atoms. The Balaban J connectivity index is 2.02. The summed E-state index contributed by atoms with van der Waals surface area (Å²) in [7, 11) is 0. The van der Waals surface area contributed by atoms with Crippen LogP contribution in [0.25, 0.3) is 10.6 Å². The second-order valence-corrected chi connectivity index (χ2v) is 7.01.